The van der Waals surface area contributed by atoms with E-state index in [0.717, 1.165) is 11.3 Å². The van der Waals surface area contributed by atoms with Crippen LogP contribution >= 0.6 is 0 Å². The van der Waals surface area contributed by atoms with Gasteiger partial charge in [0, 0.05) is 26.7 Å². The van der Waals surface area contributed by atoms with E-state index >= 15 is 0 Å². The summed E-state index contributed by atoms with van der Waals surface area (Å²) in [6.45, 7) is 5.11. The van der Waals surface area contributed by atoms with Gasteiger partial charge in [0.25, 0.3) is 0 Å². The molecule has 166 valence electrons. The molecule has 0 saturated carbocycles. The van der Waals surface area contributed by atoms with E-state index in [2.05, 4.69) is 4.99 Å². The van der Waals surface area contributed by atoms with Gasteiger partial charge in [-0.05, 0) is 23.8 Å². The number of hydrogen-bond acceptors (Lipinski definition) is 9. The highest BCUT2D eigenvalue weighted by atomic mass is 35.7. The standard InChI is InChI=1S/C19H24N2O4.ClHO4/c1-13(22)24-12-19(2,3)17-18(23)20-16(25-17)11-8-14-6-9-15(10-7-14)21(4)5;2-1(3,4)5/h6-11,17H,12H2,1-5H3;(H,2,3,4,5)/b11-8+;. The zero-order valence-electron chi connectivity index (χ0n) is 17.3. The quantitative estimate of drug-likeness (QED) is 0.431. The molecule has 0 bridgehead atoms. The second-order valence-electron chi connectivity index (χ2n) is 7.32. The molecule has 2 rings (SSSR count). The van der Waals surface area contributed by atoms with E-state index in [1.54, 1.807) is 6.08 Å². The molecule has 1 heterocycles. The lowest BCUT2D eigenvalue weighted by atomic mass is 9.87. The van der Waals surface area contributed by atoms with Crippen molar-refractivity contribution >= 4 is 29.5 Å². The minimum atomic E-state index is -4.94. The van der Waals surface area contributed by atoms with Gasteiger partial charge in [-0.25, -0.2) is 23.4 Å². The zero-order chi connectivity index (χ0) is 23.1. The maximum atomic E-state index is 12.2. The van der Waals surface area contributed by atoms with Crippen molar-refractivity contribution in [2.75, 3.05) is 25.6 Å². The van der Waals surface area contributed by atoms with Crippen molar-refractivity contribution in [3.63, 3.8) is 0 Å². The second kappa shape index (κ2) is 10.5. The molecule has 0 fully saturated rings. The number of anilines is 1. The summed E-state index contributed by atoms with van der Waals surface area (Å²) in [5.41, 5.74) is 1.49. The van der Waals surface area contributed by atoms with Gasteiger partial charge in [-0.1, -0.05) is 26.0 Å². The molecule has 1 aromatic rings. The van der Waals surface area contributed by atoms with Crippen molar-refractivity contribution < 1.29 is 52.9 Å². The van der Waals surface area contributed by atoms with Crippen LogP contribution in [0, 0.1) is 15.7 Å². The molecule has 1 aromatic carbocycles. The number of halogens is 1. The molecule has 1 N–H and O–H groups in total. The Morgan fingerprint density at radius 2 is 1.73 bits per heavy atom. The highest BCUT2D eigenvalue weighted by Gasteiger charge is 2.47. The van der Waals surface area contributed by atoms with E-state index in [-0.39, 0.29) is 18.5 Å². The maximum Gasteiger partial charge on any atom is 0.429 e. The number of hydrogen-bond donors (Lipinski definition) is 1. The third-order valence-electron chi connectivity index (χ3n) is 3.92. The summed E-state index contributed by atoms with van der Waals surface area (Å²) in [6.07, 6.45) is 2.89. The lowest BCUT2D eigenvalue weighted by Gasteiger charge is -2.25. The van der Waals surface area contributed by atoms with Crippen LogP contribution in [0.5, 0.6) is 0 Å². The summed E-state index contributed by atoms with van der Waals surface area (Å²) in [7, 11) is -0.972. The minimum absolute atomic E-state index is 0.114. The van der Waals surface area contributed by atoms with Crippen LogP contribution in [0.2, 0.25) is 0 Å². The summed E-state index contributed by atoms with van der Waals surface area (Å²) in [4.78, 5) is 27.9. The average molecular weight is 445 g/mol. The summed E-state index contributed by atoms with van der Waals surface area (Å²) in [5.74, 6) is -0.223. The lowest BCUT2D eigenvalue weighted by Crippen LogP contribution is -2.75. The number of nitrogens with one attached hydrogen (secondary N) is 1. The van der Waals surface area contributed by atoms with Gasteiger partial charge in [0.15, 0.2) is 0 Å². The molecule has 0 aliphatic carbocycles. The largest absolute Gasteiger partial charge is 0.465 e. The molecular weight excluding hydrogens is 420 g/mol. The van der Waals surface area contributed by atoms with Gasteiger partial charge in [-0.3, -0.25) is 4.79 Å². The molecule has 0 saturated heterocycles. The SMILES string of the molecule is CC(=O)OCC(C)(C)C1OC(/C=C/c2ccc(N(C)C)cc2)=[NH+]C1=O.[O-][Cl+3]([O-])([O-])[O-]. The molecule has 11 heteroatoms. The fraction of sp³-hybridized carbons (Fsp3) is 0.421. The van der Waals surface area contributed by atoms with Gasteiger partial charge in [0.1, 0.15) is 6.61 Å². The van der Waals surface area contributed by atoms with Crippen molar-refractivity contribution in [3.05, 3.63) is 35.9 Å². The molecular formula is C19H25ClN2O8. The van der Waals surface area contributed by atoms with Crippen LogP contribution in [-0.2, 0) is 19.1 Å². The Morgan fingerprint density at radius 3 is 2.20 bits per heavy atom. The zero-order valence-corrected chi connectivity index (χ0v) is 18.1. The molecule has 1 atom stereocenters. The molecule has 1 aliphatic heterocycles. The summed E-state index contributed by atoms with van der Waals surface area (Å²) < 4.78 is 44.7. The molecule has 1 unspecified atom stereocenters. The maximum absolute atomic E-state index is 12.2. The van der Waals surface area contributed by atoms with E-state index in [1.807, 2.05) is 63.2 Å². The first kappa shape index (κ1) is 25.5. The normalized spacial score (nSPS) is 16.5. The second-order valence-corrected chi connectivity index (χ2v) is 8.07. The smallest absolute Gasteiger partial charge is 0.429 e. The van der Waals surface area contributed by atoms with Crippen LogP contribution in [0.1, 0.15) is 26.3 Å². The van der Waals surface area contributed by atoms with E-state index in [4.69, 9.17) is 28.1 Å². The van der Waals surface area contributed by atoms with E-state index in [1.165, 1.54) is 6.92 Å². The number of amides is 1. The number of nitrogens with zero attached hydrogens (tertiary/aromatic N) is 1. The van der Waals surface area contributed by atoms with Crippen molar-refractivity contribution in [2.24, 2.45) is 5.41 Å². The van der Waals surface area contributed by atoms with Crippen molar-refractivity contribution in [1.82, 2.24) is 0 Å². The number of carbonyl (C=O) groups is 2. The third-order valence-corrected chi connectivity index (χ3v) is 3.92. The first-order valence-corrected chi connectivity index (χ1v) is 9.97. The number of carbonyl (C=O) groups excluding carboxylic acids is 2. The van der Waals surface area contributed by atoms with Crippen molar-refractivity contribution in [3.8, 4) is 0 Å². The fourth-order valence-electron chi connectivity index (χ4n) is 2.41. The Morgan fingerprint density at radius 1 is 1.20 bits per heavy atom. The molecule has 0 radical (unpaired) electrons. The Bertz CT molecular complexity index is 792. The third kappa shape index (κ3) is 9.33. The summed E-state index contributed by atoms with van der Waals surface area (Å²) in [5, 5.41) is 0. The Balaban J connectivity index is 0.000000804. The molecule has 30 heavy (non-hydrogen) atoms. The predicted octanol–water partition coefficient (Wildman–Crippen LogP) is -4.00. The van der Waals surface area contributed by atoms with Gasteiger partial charge < -0.3 is 14.4 Å². The molecule has 10 nitrogen and oxygen atoms in total. The highest BCUT2D eigenvalue weighted by Crippen LogP contribution is 2.25. The predicted molar refractivity (Wildman–Crippen MR) is 96.1 cm³/mol. The first-order chi connectivity index (χ1) is 13.7. The van der Waals surface area contributed by atoms with Gasteiger partial charge in [-0.2, -0.15) is 0 Å². The van der Waals surface area contributed by atoms with E-state index in [9.17, 15) is 9.59 Å². The van der Waals surface area contributed by atoms with E-state index < -0.39 is 21.8 Å². The fourth-order valence-corrected chi connectivity index (χ4v) is 2.41. The van der Waals surface area contributed by atoms with Crippen LogP contribution in [0.25, 0.3) is 6.08 Å². The van der Waals surface area contributed by atoms with Crippen LogP contribution in [0.4, 0.5) is 5.69 Å². The van der Waals surface area contributed by atoms with Gasteiger partial charge in [-0.15, -0.1) is 15.2 Å². The highest BCUT2D eigenvalue weighted by molar-refractivity contribution is 5.95. The van der Waals surface area contributed by atoms with Crippen molar-refractivity contribution in [1.29, 1.82) is 0 Å². The molecule has 0 spiro atoms. The van der Waals surface area contributed by atoms with E-state index in [0.29, 0.717) is 5.90 Å². The van der Waals surface area contributed by atoms with Gasteiger partial charge in [0.05, 0.1) is 11.5 Å². The average Bonchev–Trinajstić information content (AvgIpc) is 2.99. The molecule has 0 aromatic heterocycles. The van der Waals surface area contributed by atoms with Crippen LogP contribution < -0.4 is 28.5 Å². The van der Waals surface area contributed by atoms with Gasteiger partial charge in [0.2, 0.25) is 6.10 Å². The summed E-state index contributed by atoms with van der Waals surface area (Å²) >= 11 is 0. The Labute approximate surface area is 176 Å². The van der Waals surface area contributed by atoms with Gasteiger partial charge >= 0.3 is 17.8 Å². The van der Waals surface area contributed by atoms with Crippen LogP contribution in [0.15, 0.2) is 30.3 Å². The number of rotatable bonds is 6. The summed E-state index contributed by atoms with van der Waals surface area (Å²) in [6, 6.07) is 8.02. The Hall–Kier alpha value is -2.50. The van der Waals surface area contributed by atoms with Crippen LogP contribution in [0.3, 0.4) is 0 Å². The topological polar surface area (TPSA) is 162 Å². The minimum Gasteiger partial charge on any atom is -0.465 e. The molecule has 1 aliphatic rings. The van der Waals surface area contributed by atoms with Crippen LogP contribution in [-0.4, -0.2) is 44.6 Å². The lowest BCUT2D eigenvalue weighted by molar-refractivity contribution is -2.00. The number of esters is 1. The molecule has 1 amide bonds. The number of benzene rings is 1. The first-order valence-electron chi connectivity index (χ1n) is 8.74. The van der Waals surface area contributed by atoms with Crippen molar-refractivity contribution in [2.45, 2.75) is 26.9 Å². The number of ether oxygens (including phenoxy) is 2. The Kier molecular flexibility index (Phi) is 8.94. The monoisotopic (exact) mass is 444 g/mol.